The molecule has 202 valence electrons. The van der Waals surface area contributed by atoms with E-state index in [1.165, 1.54) is 17.8 Å². The van der Waals surface area contributed by atoms with E-state index in [0.717, 1.165) is 71.4 Å². The van der Waals surface area contributed by atoms with Gasteiger partial charge in [0.2, 0.25) is 5.91 Å². The summed E-state index contributed by atoms with van der Waals surface area (Å²) in [4.78, 5) is 28.7. The summed E-state index contributed by atoms with van der Waals surface area (Å²) in [5.74, 6) is 1.23. The number of methoxy groups -OCH3 is 1. The highest BCUT2D eigenvalue weighted by Gasteiger charge is 2.36. The molecule has 2 aliphatic carbocycles. The number of aliphatic hydroxyl groups excluding tert-OH is 1. The van der Waals surface area contributed by atoms with Gasteiger partial charge in [0.05, 0.1) is 24.1 Å². The summed E-state index contributed by atoms with van der Waals surface area (Å²) in [5, 5.41) is 14.8. The van der Waals surface area contributed by atoms with E-state index in [0.29, 0.717) is 6.42 Å². The highest BCUT2D eigenvalue weighted by Crippen LogP contribution is 2.43. The fourth-order valence-electron chi connectivity index (χ4n) is 6.42. The number of hydrogen-bond acceptors (Lipinski definition) is 5. The van der Waals surface area contributed by atoms with E-state index >= 15 is 0 Å². The zero-order chi connectivity index (χ0) is 26.6. The van der Waals surface area contributed by atoms with Crippen molar-refractivity contribution in [2.45, 2.75) is 76.4 Å². The second-order valence-electron chi connectivity index (χ2n) is 11.0. The molecule has 1 aromatic heterocycles. The number of thiazole rings is 1. The molecule has 1 amide bonds. The Morgan fingerprint density at radius 3 is 2.61 bits per heavy atom. The van der Waals surface area contributed by atoms with Crippen LogP contribution in [-0.4, -0.2) is 29.2 Å². The number of hydrogen-bond donors (Lipinski definition) is 3. The van der Waals surface area contributed by atoms with Crippen molar-refractivity contribution in [3.05, 3.63) is 75.0 Å². The lowest BCUT2D eigenvalue weighted by atomic mass is 9.72. The summed E-state index contributed by atoms with van der Waals surface area (Å²) in [5.41, 5.74) is 4.20. The van der Waals surface area contributed by atoms with Crippen molar-refractivity contribution in [2.75, 3.05) is 7.11 Å². The van der Waals surface area contributed by atoms with Gasteiger partial charge >= 0.3 is 4.87 Å². The zero-order valence-corrected chi connectivity index (χ0v) is 23.1. The van der Waals surface area contributed by atoms with Gasteiger partial charge in [-0.05, 0) is 79.3 Å². The second kappa shape index (κ2) is 11.9. The van der Waals surface area contributed by atoms with Crippen LogP contribution in [0.3, 0.4) is 0 Å². The second-order valence-corrected chi connectivity index (χ2v) is 12.0. The Bertz CT molecular complexity index is 1310. The quantitative estimate of drug-likeness (QED) is 0.341. The van der Waals surface area contributed by atoms with Crippen molar-refractivity contribution in [3.63, 3.8) is 0 Å². The lowest BCUT2D eigenvalue weighted by molar-refractivity contribution is -0.127. The van der Waals surface area contributed by atoms with E-state index in [1.807, 2.05) is 25.1 Å². The standard InChI is InChI=1S/C31H38N2O4S/c1-19-15-21(12-14-27(19)37-2)25-13-11-24(17-26(25)34)29(33-30(35)20-7-4-3-5-8-20)23-10-6-9-22(16-23)28-18-32-31(36)38-28/h6,9-10,12,14-16,18,20,24-26,29,34H,3-5,7-8,11,13,17H2,1-2H3,(H,32,36)(H,33,35). The van der Waals surface area contributed by atoms with E-state index in [4.69, 9.17) is 4.74 Å². The number of carbonyl (C=O) groups excluding carboxylic acids is 1. The van der Waals surface area contributed by atoms with Crippen LogP contribution in [0.5, 0.6) is 5.75 Å². The number of H-pyrrole nitrogens is 1. The lowest BCUT2D eigenvalue weighted by Crippen LogP contribution is -2.41. The number of aromatic nitrogens is 1. The van der Waals surface area contributed by atoms with Gasteiger partial charge in [-0.1, -0.05) is 60.9 Å². The van der Waals surface area contributed by atoms with Crippen molar-refractivity contribution >= 4 is 17.2 Å². The highest BCUT2D eigenvalue weighted by molar-refractivity contribution is 7.12. The molecule has 7 heteroatoms. The van der Waals surface area contributed by atoms with Crippen LogP contribution >= 0.6 is 11.3 Å². The first-order valence-corrected chi connectivity index (χ1v) is 14.7. The first kappa shape index (κ1) is 26.7. The Balaban J connectivity index is 1.39. The van der Waals surface area contributed by atoms with E-state index in [-0.39, 0.29) is 34.6 Å². The maximum Gasteiger partial charge on any atom is 0.305 e. The smallest absolute Gasteiger partial charge is 0.305 e. The molecule has 2 fully saturated rings. The minimum atomic E-state index is -0.492. The third-order valence-electron chi connectivity index (χ3n) is 8.50. The minimum Gasteiger partial charge on any atom is -0.496 e. The van der Waals surface area contributed by atoms with Crippen LogP contribution in [0.25, 0.3) is 10.4 Å². The molecule has 2 aromatic carbocycles. The number of aromatic amines is 1. The van der Waals surface area contributed by atoms with Crippen molar-refractivity contribution in [3.8, 4) is 16.2 Å². The molecule has 1 heterocycles. The van der Waals surface area contributed by atoms with Crippen molar-refractivity contribution in [1.29, 1.82) is 0 Å². The maximum absolute atomic E-state index is 13.4. The Morgan fingerprint density at radius 1 is 1.11 bits per heavy atom. The Kier molecular flexibility index (Phi) is 8.34. The van der Waals surface area contributed by atoms with Gasteiger partial charge in [-0.2, -0.15) is 0 Å². The molecule has 4 atom stereocenters. The third kappa shape index (κ3) is 5.89. The molecule has 0 bridgehead atoms. The van der Waals surface area contributed by atoms with Crippen molar-refractivity contribution < 1.29 is 14.6 Å². The molecule has 0 spiro atoms. The van der Waals surface area contributed by atoms with Crippen molar-refractivity contribution in [1.82, 2.24) is 10.3 Å². The Morgan fingerprint density at radius 2 is 1.92 bits per heavy atom. The Hall–Kier alpha value is -2.90. The topological polar surface area (TPSA) is 91.4 Å². The zero-order valence-electron chi connectivity index (χ0n) is 22.2. The fraction of sp³-hybridized carbons (Fsp3) is 0.484. The molecular formula is C31H38N2O4S. The summed E-state index contributed by atoms with van der Waals surface area (Å²) in [6.07, 6.45) is 8.94. The fourth-order valence-corrected chi connectivity index (χ4v) is 7.10. The molecule has 4 unspecified atom stereocenters. The number of rotatable bonds is 7. The predicted octanol–water partition coefficient (Wildman–Crippen LogP) is 6.10. The molecular weight excluding hydrogens is 496 g/mol. The molecule has 2 aliphatic rings. The molecule has 0 radical (unpaired) electrons. The normalized spacial score (nSPS) is 23.1. The predicted molar refractivity (Wildman–Crippen MR) is 152 cm³/mol. The summed E-state index contributed by atoms with van der Waals surface area (Å²) in [6.45, 7) is 2.03. The molecule has 5 rings (SSSR count). The number of carbonyl (C=O) groups is 1. The molecule has 0 saturated heterocycles. The van der Waals surface area contributed by atoms with Crippen LogP contribution in [0.15, 0.2) is 53.5 Å². The average Bonchev–Trinajstić information content (AvgIpc) is 3.38. The summed E-state index contributed by atoms with van der Waals surface area (Å²) < 4.78 is 5.42. The lowest BCUT2D eigenvalue weighted by Gasteiger charge is -2.38. The van der Waals surface area contributed by atoms with Gasteiger partial charge in [0.1, 0.15) is 5.75 Å². The molecule has 0 aliphatic heterocycles. The number of nitrogens with one attached hydrogen (secondary N) is 2. The Labute approximate surface area is 228 Å². The summed E-state index contributed by atoms with van der Waals surface area (Å²) in [7, 11) is 1.68. The monoisotopic (exact) mass is 534 g/mol. The highest BCUT2D eigenvalue weighted by atomic mass is 32.1. The van der Waals surface area contributed by atoms with Gasteiger partial charge in [-0.25, -0.2) is 0 Å². The number of benzene rings is 2. The number of aryl methyl sites for hydroxylation is 1. The molecule has 38 heavy (non-hydrogen) atoms. The van der Waals surface area contributed by atoms with Gasteiger partial charge in [0.25, 0.3) is 0 Å². The maximum atomic E-state index is 13.4. The minimum absolute atomic E-state index is 0.0629. The average molecular weight is 535 g/mol. The van der Waals surface area contributed by atoms with Crippen molar-refractivity contribution in [2.24, 2.45) is 11.8 Å². The van der Waals surface area contributed by atoms with Gasteiger partial charge in [0, 0.05) is 18.0 Å². The first-order chi connectivity index (χ1) is 18.4. The van der Waals surface area contributed by atoms with Gasteiger partial charge in [-0.3, -0.25) is 9.59 Å². The molecule has 3 N–H and O–H groups in total. The third-order valence-corrected chi connectivity index (χ3v) is 9.38. The molecule has 3 aromatic rings. The summed E-state index contributed by atoms with van der Waals surface area (Å²) in [6, 6.07) is 14.1. The van der Waals surface area contributed by atoms with Crippen LogP contribution < -0.4 is 14.9 Å². The van der Waals surface area contributed by atoms with E-state index in [2.05, 4.69) is 34.6 Å². The van der Waals surface area contributed by atoms with E-state index in [1.54, 1.807) is 13.3 Å². The van der Waals surface area contributed by atoms with Crippen LogP contribution in [0.2, 0.25) is 0 Å². The SMILES string of the molecule is COc1ccc(C2CCC(C(NC(=O)C3CCCCC3)c3cccc(-c4c[nH]c(=O)s4)c3)CC2O)cc1C. The van der Waals surface area contributed by atoms with E-state index < -0.39 is 6.10 Å². The summed E-state index contributed by atoms with van der Waals surface area (Å²) >= 11 is 1.19. The van der Waals surface area contributed by atoms with Gasteiger partial charge in [-0.15, -0.1) is 0 Å². The van der Waals surface area contributed by atoms with Gasteiger partial charge in [0.15, 0.2) is 0 Å². The largest absolute Gasteiger partial charge is 0.496 e. The van der Waals surface area contributed by atoms with Crippen LogP contribution in [0.4, 0.5) is 0 Å². The first-order valence-electron chi connectivity index (χ1n) is 13.8. The van der Waals surface area contributed by atoms with Crippen LogP contribution in [-0.2, 0) is 4.79 Å². The van der Waals surface area contributed by atoms with Gasteiger partial charge < -0.3 is 20.1 Å². The van der Waals surface area contributed by atoms with Crippen LogP contribution in [0.1, 0.15) is 80.0 Å². The molecule has 2 saturated carbocycles. The van der Waals surface area contributed by atoms with E-state index in [9.17, 15) is 14.7 Å². The van der Waals surface area contributed by atoms with Crippen LogP contribution in [0, 0.1) is 18.8 Å². The number of aliphatic hydroxyl groups is 1. The number of ether oxygens (including phenoxy) is 1. The molecule has 6 nitrogen and oxygen atoms in total. The number of amides is 1.